The topological polar surface area (TPSA) is 55.1 Å². The number of benzene rings is 1. The zero-order valence-electron chi connectivity index (χ0n) is 9.87. The number of nitrogens with two attached hydrogens (primary N) is 1. The van der Waals surface area contributed by atoms with E-state index in [1.165, 1.54) is 24.0 Å². The second-order valence-electron chi connectivity index (χ2n) is 4.23. The molecule has 0 radical (unpaired) electrons. The van der Waals surface area contributed by atoms with Crippen LogP contribution in [0.25, 0.3) is 0 Å². The molecule has 1 aliphatic carbocycles. The van der Waals surface area contributed by atoms with Crippen LogP contribution in [-0.4, -0.2) is 24.0 Å². The van der Waals surface area contributed by atoms with Crippen LogP contribution in [0, 0.1) is 0 Å². The van der Waals surface area contributed by atoms with Gasteiger partial charge < -0.3 is 11.1 Å². The Bertz CT molecular complexity index is 406. The van der Waals surface area contributed by atoms with Crippen LogP contribution < -0.4 is 11.1 Å². The molecule has 2 rings (SSSR count). The van der Waals surface area contributed by atoms with Gasteiger partial charge in [0.2, 0.25) is 5.91 Å². The fourth-order valence-electron chi connectivity index (χ4n) is 2.09. The summed E-state index contributed by atoms with van der Waals surface area (Å²) >= 11 is 1.57. The monoisotopic (exact) mass is 250 g/mol. The third kappa shape index (κ3) is 3.48. The highest BCUT2D eigenvalue weighted by atomic mass is 32.2. The van der Waals surface area contributed by atoms with Gasteiger partial charge in [0, 0.05) is 18.0 Å². The molecule has 0 spiro atoms. The third-order valence-electron chi connectivity index (χ3n) is 2.88. The fraction of sp³-hybridized carbons (Fsp3) is 0.462. The highest BCUT2D eigenvalue weighted by Crippen LogP contribution is 2.24. The molecule has 0 heterocycles. The lowest BCUT2D eigenvalue weighted by molar-refractivity contribution is -0.113. The summed E-state index contributed by atoms with van der Waals surface area (Å²) in [7, 11) is 0. The van der Waals surface area contributed by atoms with Crippen LogP contribution in [0.3, 0.4) is 0 Å². The number of nitrogens with one attached hydrogen (secondary N) is 1. The summed E-state index contributed by atoms with van der Waals surface area (Å²) in [5.74, 6) is 1.37. The van der Waals surface area contributed by atoms with Crippen molar-refractivity contribution in [1.29, 1.82) is 0 Å². The minimum atomic E-state index is 0.0568. The van der Waals surface area contributed by atoms with E-state index in [9.17, 15) is 4.79 Å². The van der Waals surface area contributed by atoms with Gasteiger partial charge in [-0.05, 0) is 42.5 Å². The number of fused-ring (bicyclic) bond motifs is 1. The number of amides is 1. The molecular formula is C13H18N2OS. The summed E-state index contributed by atoms with van der Waals surface area (Å²) in [5.41, 5.74) is 9.11. The molecule has 3 nitrogen and oxygen atoms in total. The van der Waals surface area contributed by atoms with Crippen molar-refractivity contribution < 1.29 is 4.79 Å². The van der Waals surface area contributed by atoms with Crippen molar-refractivity contribution in [3.8, 4) is 0 Å². The van der Waals surface area contributed by atoms with Crippen molar-refractivity contribution in [2.24, 2.45) is 5.73 Å². The molecule has 3 N–H and O–H groups in total. The molecule has 17 heavy (non-hydrogen) atoms. The summed E-state index contributed by atoms with van der Waals surface area (Å²) < 4.78 is 0. The highest BCUT2D eigenvalue weighted by molar-refractivity contribution is 7.99. The SMILES string of the molecule is NCCSCC(=O)Nc1ccc2c(c1)CCC2. The van der Waals surface area contributed by atoms with Crippen molar-refractivity contribution in [3.63, 3.8) is 0 Å². The Kier molecular flexibility index (Phi) is 4.45. The molecule has 0 aromatic heterocycles. The number of thioether (sulfide) groups is 1. The maximum absolute atomic E-state index is 11.6. The van der Waals surface area contributed by atoms with Gasteiger partial charge in [-0.15, -0.1) is 0 Å². The summed E-state index contributed by atoms with van der Waals surface area (Å²) in [4.78, 5) is 11.6. The number of anilines is 1. The molecule has 0 bridgehead atoms. The van der Waals surface area contributed by atoms with Crippen molar-refractivity contribution in [1.82, 2.24) is 0 Å². The molecule has 1 amide bonds. The predicted octanol–water partition coefficient (Wildman–Crippen LogP) is 1.81. The Morgan fingerprint density at radius 2 is 2.18 bits per heavy atom. The molecule has 4 heteroatoms. The van der Waals surface area contributed by atoms with Crippen LogP contribution in [0.15, 0.2) is 18.2 Å². The van der Waals surface area contributed by atoms with Crippen LogP contribution >= 0.6 is 11.8 Å². The van der Waals surface area contributed by atoms with Crippen molar-refractivity contribution >= 4 is 23.4 Å². The normalized spacial score (nSPS) is 13.5. The Hall–Kier alpha value is -1.00. The lowest BCUT2D eigenvalue weighted by Gasteiger charge is -2.07. The van der Waals surface area contributed by atoms with E-state index in [1.807, 2.05) is 6.07 Å². The maximum atomic E-state index is 11.6. The standard InChI is InChI=1S/C13H18N2OS/c14-6-7-17-9-13(16)15-12-5-4-10-2-1-3-11(10)8-12/h4-5,8H,1-3,6-7,9,14H2,(H,15,16). The van der Waals surface area contributed by atoms with E-state index >= 15 is 0 Å². The smallest absolute Gasteiger partial charge is 0.234 e. The Morgan fingerprint density at radius 1 is 1.35 bits per heavy atom. The van der Waals surface area contributed by atoms with E-state index in [0.29, 0.717) is 12.3 Å². The Balaban J connectivity index is 1.88. The first-order valence-corrected chi connectivity index (χ1v) is 7.14. The van der Waals surface area contributed by atoms with Gasteiger partial charge in [0.15, 0.2) is 0 Å². The van der Waals surface area contributed by atoms with E-state index in [0.717, 1.165) is 17.9 Å². The van der Waals surface area contributed by atoms with Gasteiger partial charge in [-0.2, -0.15) is 11.8 Å². The molecule has 0 saturated heterocycles. The molecule has 1 aromatic rings. The molecule has 0 atom stereocenters. The van der Waals surface area contributed by atoms with Crippen molar-refractivity contribution in [3.05, 3.63) is 29.3 Å². The number of carbonyl (C=O) groups is 1. The van der Waals surface area contributed by atoms with E-state index in [4.69, 9.17) is 5.73 Å². The van der Waals surface area contributed by atoms with Crippen LogP contribution in [0.1, 0.15) is 17.5 Å². The summed E-state index contributed by atoms with van der Waals surface area (Å²) in [5, 5.41) is 2.93. The number of hydrogen-bond acceptors (Lipinski definition) is 3. The molecule has 0 aliphatic heterocycles. The van der Waals surface area contributed by atoms with Crippen LogP contribution in [0.2, 0.25) is 0 Å². The van der Waals surface area contributed by atoms with Gasteiger partial charge in [0.05, 0.1) is 5.75 Å². The van der Waals surface area contributed by atoms with Crippen LogP contribution in [0.4, 0.5) is 5.69 Å². The van der Waals surface area contributed by atoms with Gasteiger partial charge in [0.25, 0.3) is 0 Å². The first-order chi connectivity index (χ1) is 8.29. The van der Waals surface area contributed by atoms with Gasteiger partial charge >= 0.3 is 0 Å². The Morgan fingerprint density at radius 3 is 3.00 bits per heavy atom. The average molecular weight is 250 g/mol. The van der Waals surface area contributed by atoms with Crippen molar-refractivity contribution in [2.75, 3.05) is 23.4 Å². The van der Waals surface area contributed by atoms with E-state index < -0.39 is 0 Å². The predicted molar refractivity (Wildman–Crippen MR) is 73.5 cm³/mol. The van der Waals surface area contributed by atoms with Gasteiger partial charge in [-0.1, -0.05) is 6.07 Å². The fourth-order valence-corrected chi connectivity index (χ4v) is 2.66. The molecule has 0 unspecified atom stereocenters. The summed E-state index contributed by atoms with van der Waals surface area (Å²) in [6, 6.07) is 6.23. The third-order valence-corrected chi connectivity index (χ3v) is 3.87. The number of rotatable bonds is 5. The van der Waals surface area contributed by atoms with Crippen molar-refractivity contribution in [2.45, 2.75) is 19.3 Å². The maximum Gasteiger partial charge on any atom is 0.234 e. The first kappa shape index (κ1) is 12.5. The molecule has 1 aliphatic rings. The van der Waals surface area contributed by atoms with E-state index in [1.54, 1.807) is 11.8 Å². The van der Waals surface area contributed by atoms with Gasteiger partial charge in [-0.25, -0.2) is 0 Å². The largest absolute Gasteiger partial charge is 0.330 e. The summed E-state index contributed by atoms with van der Waals surface area (Å²) in [6.07, 6.45) is 3.55. The summed E-state index contributed by atoms with van der Waals surface area (Å²) in [6.45, 7) is 0.622. The van der Waals surface area contributed by atoms with Crippen LogP contribution in [-0.2, 0) is 17.6 Å². The first-order valence-electron chi connectivity index (χ1n) is 5.99. The van der Waals surface area contributed by atoms with Crippen LogP contribution in [0.5, 0.6) is 0 Å². The van der Waals surface area contributed by atoms with E-state index in [2.05, 4.69) is 17.4 Å². The number of aryl methyl sites for hydroxylation is 2. The zero-order valence-corrected chi connectivity index (χ0v) is 10.7. The highest BCUT2D eigenvalue weighted by Gasteiger charge is 2.11. The number of carbonyl (C=O) groups excluding carboxylic acids is 1. The van der Waals surface area contributed by atoms with Gasteiger partial charge in [-0.3, -0.25) is 4.79 Å². The zero-order chi connectivity index (χ0) is 12.1. The lowest BCUT2D eigenvalue weighted by Crippen LogP contribution is -2.15. The second-order valence-corrected chi connectivity index (χ2v) is 5.33. The minimum Gasteiger partial charge on any atom is -0.330 e. The molecule has 0 saturated carbocycles. The quantitative estimate of drug-likeness (QED) is 0.784. The molecule has 0 fully saturated rings. The van der Waals surface area contributed by atoms with E-state index in [-0.39, 0.29) is 5.91 Å². The molecular weight excluding hydrogens is 232 g/mol. The Labute approximate surface area is 106 Å². The molecule has 1 aromatic carbocycles. The average Bonchev–Trinajstić information content (AvgIpc) is 2.76. The number of hydrogen-bond donors (Lipinski definition) is 2. The molecule has 92 valence electrons. The van der Waals surface area contributed by atoms with Gasteiger partial charge in [0.1, 0.15) is 0 Å². The second kappa shape index (κ2) is 6.07. The minimum absolute atomic E-state index is 0.0568. The lowest BCUT2D eigenvalue weighted by atomic mass is 10.1.